The first-order valence-electron chi connectivity index (χ1n) is 15.4. The van der Waals surface area contributed by atoms with Crippen molar-refractivity contribution in [3.8, 4) is 0 Å². The predicted octanol–water partition coefficient (Wildman–Crippen LogP) is 2.35. The molecule has 2 aliphatic rings. The van der Waals surface area contributed by atoms with Gasteiger partial charge in [-0.25, -0.2) is 0 Å². The average Bonchev–Trinajstić information content (AvgIpc) is 3.29. The van der Waals surface area contributed by atoms with Crippen LogP contribution >= 0.6 is 0 Å². The van der Waals surface area contributed by atoms with E-state index < -0.39 is 39.8 Å². The van der Waals surface area contributed by atoms with Gasteiger partial charge in [-0.3, -0.25) is 38.4 Å². The Morgan fingerprint density at radius 1 is 0.851 bits per heavy atom. The SMILES string of the molecule is Cc1ccc(S(=O)(=O)OCCOCCOCCOCCCCCC(=O)Nc2cccc3c2C(=O)N(C2CCC(=O)NC2=O)C3=O)cc1. The molecule has 5 amide bonds. The summed E-state index contributed by atoms with van der Waals surface area (Å²) in [4.78, 5) is 63.4. The highest BCUT2D eigenvalue weighted by Gasteiger charge is 2.45. The van der Waals surface area contributed by atoms with E-state index in [0.717, 1.165) is 23.3 Å². The molecule has 4 rings (SSSR count). The maximum atomic E-state index is 13.1. The van der Waals surface area contributed by atoms with Crippen LogP contribution in [0.1, 0.15) is 64.8 Å². The molecule has 0 saturated carbocycles. The summed E-state index contributed by atoms with van der Waals surface area (Å²) < 4.78 is 45.5. The fourth-order valence-electron chi connectivity index (χ4n) is 5.02. The second-order valence-corrected chi connectivity index (χ2v) is 12.6. The van der Waals surface area contributed by atoms with Crippen LogP contribution in [0.25, 0.3) is 0 Å². The van der Waals surface area contributed by atoms with Gasteiger partial charge in [-0.1, -0.05) is 30.2 Å². The third-order valence-electron chi connectivity index (χ3n) is 7.45. The quantitative estimate of drug-likeness (QED) is 0.127. The van der Waals surface area contributed by atoms with Gasteiger partial charge >= 0.3 is 0 Å². The number of nitrogens with zero attached hydrogens (tertiary/aromatic N) is 1. The summed E-state index contributed by atoms with van der Waals surface area (Å²) >= 11 is 0. The third-order valence-corrected chi connectivity index (χ3v) is 8.78. The molecule has 14 nitrogen and oxygen atoms in total. The second kappa shape index (κ2) is 17.2. The van der Waals surface area contributed by atoms with Gasteiger partial charge < -0.3 is 19.5 Å². The molecule has 0 bridgehead atoms. The average molecular weight is 674 g/mol. The Morgan fingerprint density at radius 3 is 2.19 bits per heavy atom. The number of nitrogens with one attached hydrogen (secondary N) is 2. The number of rotatable bonds is 19. The molecule has 2 aliphatic heterocycles. The number of benzene rings is 2. The highest BCUT2D eigenvalue weighted by Crippen LogP contribution is 2.32. The number of ether oxygens (including phenoxy) is 3. The number of piperidine rings is 1. The lowest BCUT2D eigenvalue weighted by Crippen LogP contribution is -2.54. The van der Waals surface area contributed by atoms with Crippen LogP contribution in [0, 0.1) is 6.92 Å². The molecular formula is C32H39N3O11S. The van der Waals surface area contributed by atoms with Gasteiger partial charge in [0, 0.05) is 19.4 Å². The smallest absolute Gasteiger partial charge is 0.297 e. The van der Waals surface area contributed by atoms with Gasteiger partial charge in [-0.2, -0.15) is 8.42 Å². The van der Waals surface area contributed by atoms with E-state index in [2.05, 4.69) is 10.6 Å². The molecular weight excluding hydrogens is 634 g/mol. The highest BCUT2D eigenvalue weighted by atomic mass is 32.2. The van der Waals surface area contributed by atoms with E-state index >= 15 is 0 Å². The molecule has 1 atom stereocenters. The molecule has 2 N–H and O–H groups in total. The Hall–Kier alpha value is -4.02. The minimum absolute atomic E-state index is 0.0208. The number of fused-ring (bicyclic) bond motifs is 1. The van der Waals surface area contributed by atoms with Crippen molar-refractivity contribution in [2.75, 3.05) is 51.6 Å². The number of unbranched alkanes of at least 4 members (excludes halogenated alkanes) is 2. The summed E-state index contributed by atoms with van der Waals surface area (Å²) in [5, 5.41) is 4.87. The molecule has 47 heavy (non-hydrogen) atoms. The molecule has 0 aliphatic carbocycles. The van der Waals surface area contributed by atoms with Gasteiger partial charge in [0.25, 0.3) is 21.9 Å². The molecule has 2 heterocycles. The number of carbonyl (C=O) groups excluding carboxylic acids is 5. The van der Waals surface area contributed by atoms with E-state index in [1.54, 1.807) is 18.2 Å². The molecule has 254 valence electrons. The number of carbonyl (C=O) groups is 5. The predicted molar refractivity (Wildman–Crippen MR) is 167 cm³/mol. The summed E-state index contributed by atoms with van der Waals surface area (Å²) in [6.45, 7) is 3.73. The second-order valence-electron chi connectivity index (χ2n) is 11.0. The number of hydrogen-bond acceptors (Lipinski definition) is 11. The van der Waals surface area contributed by atoms with Crippen molar-refractivity contribution in [2.45, 2.75) is 56.4 Å². The first-order chi connectivity index (χ1) is 22.6. The van der Waals surface area contributed by atoms with Crippen molar-refractivity contribution >= 4 is 45.3 Å². The molecule has 0 spiro atoms. The molecule has 1 saturated heterocycles. The fourth-order valence-corrected chi connectivity index (χ4v) is 5.91. The van der Waals surface area contributed by atoms with Gasteiger partial charge in [-0.05, 0) is 50.5 Å². The Kier molecular flexibility index (Phi) is 13.1. The van der Waals surface area contributed by atoms with Gasteiger partial charge in [0.15, 0.2) is 0 Å². The van der Waals surface area contributed by atoms with Gasteiger partial charge in [0.2, 0.25) is 17.7 Å². The van der Waals surface area contributed by atoms with E-state index in [-0.39, 0.29) is 66.7 Å². The molecule has 2 aromatic carbocycles. The Labute approximate surface area is 273 Å². The minimum Gasteiger partial charge on any atom is -0.379 e. The summed E-state index contributed by atoms with van der Waals surface area (Å²) in [6.07, 6.45) is 2.33. The normalized spacial score (nSPS) is 16.4. The lowest BCUT2D eigenvalue weighted by molar-refractivity contribution is -0.136. The number of anilines is 1. The van der Waals surface area contributed by atoms with Crippen molar-refractivity contribution in [1.29, 1.82) is 0 Å². The highest BCUT2D eigenvalue weighted by molar-refractivity contribution is 7.86. The third kappa shape index (κ3) is 9.98. The van der Waals surface area contributed by atoms with Crippen LogP contribution in [0.15, 0.2) is 47.4 Å². The van der Waals surface area contributed by atoms with Crippen LogP contribution in [0.2, 0.25) is 0 Å². The first kappa shape index (κ1) is 35.8. The topological polar surface area (TPSA) is 184 Å². The van der Waals surface area contributed by atoms with Crippen LogP contribution in [0.4, 0.5) is 5.69 Å². The van der Waals surface area contributed by atoms with Gasteiger partial charge in [-0.15, -0.1) is 0 Å². The maximum absolute atomic E-state index is 13.1. The van der Waals surface area contributed by atoms with E-state index in [0.29, 0.717) is 32.8 Å². The van der Waals surface area contributed by atoms with Crippen LogP contribution in [0.5, 0.6) is 0 Å². The van der Waals surface area contributed by atoms with Crippen LogP contribution in [0.3, 0.4) is 0 Å². The number of aryl methyl sites for hydroxylation is 1. The minimum atomic E-state index is -3.81. The Bertz CT molecular complexity index is 1560. The van der Waals surface area contributed by atoms with Gasteiger partial charge in [0.05, 0.1) is 61.4 Å². The molecule has 0 radical (unpaired) electrons. The van der Waals surface area contributed by atoms with Crippen molar-refractivity contribution in [3.63, 3.8) is 0 Å². The molecule has 0 aromatic heterocycles. The van der Waals surface area contributed by atoms with E-state index in [1.165, 1.54) is 24.3 Å². The Morgan fingerprint density at radius 2 is 1.51 bits per heavy atom. The lowest BCUT2D eigenvalue weighted by atomic mass is 10.0. The standard InChI is InChI=1S/C32H39N3O11S/c1-22-9-11-23(12-10-22)47(41,42)46-21-20-45-19-18-44-17-16-43-15-4-2-3-8-27(36)33-25-7-5-6-24-29(25)32(40)35(31(24)39)26-13-14-28(37)34-30(26)38/h5-7,9-12,26H,2-4,8,13-21H2,1H3,(H,33,36)(H,34,37,38). The number of hydrogen-bond donors (Lipinski definition) is 2. The number of amides is 5. The maximum Gasteiger partial charge on any atom is 0.297 e. The Balaban J connectivity index is 1.02. The van der Waals surface area contributed by atoms with Crippen LogP contribution in [-0.4, -0.2) is 95.1 Å². The van der Waals surface area contributed by atoms with Crippen molar-refractivity contribution < 1.29 is 50.8 Å². The summed E-state index contributed by atoms with van der Waals surface area (Å²) in [6, 6.07) is 9.87. The lowest BCUT2D eigenvalue weighted by Gasteiger charge is -2.27. The molecule has 15 heteroatoms. The van der Waals surface area contributed by atoms with Crippen LogP contribution < -0.4 is 10.6 Å². The van der Waals surface area contributed by atoms with Crippen molar-refractivity contribution in [3.05, 3.63) is 59.2 Å². The van der Waals surface area contributed by atoms with Crippen molar-refractivity contribution in [1.82, 2.24) is 10.2 Å². The van der Waals surface area contributed by atoms with E-state index in [1.807, 2.05) is 6.92 Å². The van der Waals surface area contributed by atoms with Gasteiger partial charge in [0.1, 0.15) is 6.04 Å². The molecule has 2 aromatic rings. The number of imide groups is 2. The largest absolute Gasteiger partial charge is 0.379 e. The fraction of sp³-hybridized carbons (Fsp3) is 0.469. The zero-order valence-corrected chi connectivity index (χ0v) is 27.0. The molecule has 1 unspecified atom stereocenters. The van der Waals surface area contributed by atoms with E-state index in [9.17, 15) is 32.4 Å². The molecule has 1 fully saturated rings. The summed E-state index contributed by atoms with van der Waals surface area (Å²) in [5.74, 6) is -2.78. The van der Waals surface area contributed by atoms with E-state index in [4.69, 9.17) is 18.4 Å². The van der Waals surface area contributed by atoms with Crippen LogP contribution in [-0.2, 0) is 42.9 Å². The monoisotopic (exact) mass is 673 g/mol. The summed E-state index contributed by atoms with van der Waals surface area (Å²) in [5.41, 5.74) is 1.29. The first-order valence-corrected chi connectivity index (χ1v) is 16.8. The van der Waals surface area contributed by atoms with Crippen molar-refractivity contribution in [2.24, 2.45) is 0 Å². The zero-order valence-electron chi connectivity index (χ0n) is 26.2. The summed E-state index contributed by atoms with van der Waals surface area (Å²) in [7, 11) is -3.81. The zero-order chi connectivity index (χ0) is 33.8.